The minimum atomic E-state index is -2.23. The number of esters is 5. The number of nitrogens with one attached hydrogen (secondary N) is 1. The molecule has 0 amide bonds. The number of methoxy groups -OCH3 is 1. The predicted octanol–water partition coefficient (Wildman–Crippen LogP) is 0.140. The van der Waals surface area contributed by atoms with Crippen molar-refractivity contribution in [2.45, 2.75) is 109 Å². The van der Waals surface area contributed by atoms with Gasteiger partial charge in [-0.1, -0.05) is 30.3 Å². The number of hydrogen-bond acceptors (Lipinski definition) is 17. The lowest BCUT2D eigenvalue weighted by molar-refractivity contribution is -0.316. The van der Waals surface area contributed by atoms with E-state index < -0.39 is 114 Å². The highest BCUT2D eigenvalue weighted by Crippen LogP contribution is 2.38. The molecule has 0 radical (unpaired) electrons. The Balaban J connectivity index is 1.79. The molecule has 0 saturated carbocycles. The summed E-state index contributed by atoms with van der Waals surface area (Å²) in [6.45, 7) is 7.22. The van der Waals surface area contributed by atoms with Gasteiger partial charge in [-0.15, -0.1) is 0 Å². The van der Waals surface area contributed by atoms with Crippen molar-refractivity contribution in [3.05, 3.63) is 69.0 Å². The summed E-state index contributed by atoms with van der Waals surface area (Å²) in [5.41, 5.74) is -2.35. The van der Waals surface area contributed by atoms with E-state index in [1.54, 1.807) is 30.3 Å². The molecule has 2 N–H and O–H groups in total. The fraction of sp³-hybridized carbons (Fsp3) is 0.543. The molecule has 2 saturated heterocycles. The van der Waals surface area contributed by atoms with Crippen LogP contribution in [0, 0.1) is 5.41 Å². The lowest BCUT2D eigenvalue weighted by Crippen LogP contribution is -2.65. The number of benzene rings is 1. The Bertz CT molecular complexity index is 1850. The number of H-pyrrole nitrogens is 1. The van der Waals surface area contributed by atoms with E-state index in [0.29, 0.717) is 5.56 Å². The average Bonchev–Trinajstić information content (AvgIpc) is 3.44. The van der Waals surface area contributed by atoms with E-state index >= 15 is 0 Å². The van der Waals surface area contributed by atoms with E-state index in [2.05, 4.69) is 0 Å². The van der Waals surface area contributed by atoms with E-state index in [4.69, 9.17) is 42.6 Å². The molecule has 1 aromatic heterocycles. The molecule has 55 heavy (non-hydrogen) atoms. The van der Waals surface area contributed by atoms with Gasteiger partial charge in [0.2, 0.25) is 6.29 Å². The van der Waals surface area contributed by atoms with Crippen LogP contribution in [0.1, 0.15) is 53.3 Å². The second-order valence-corrected chi connectivity index (χ2v) is 13.5. The van der Waals surface area contributed by atoms with Crippen molar-refractivity contribution in [3.63, 3.8) is 0 Å². The van der Waals surface area contributed by atoms with Crippen molar-refractivity contribution in [1.29, 1.82) is 0 Å². The van der Waals surface area contributed by atoms with Gasteiger partial charge in [0.05, 0.1) is 5.41 Å². The molecule has 0 unspecified atom stereocenters. The molecule has 300 valence electrons. The highest BCUT2D eigenvalue weighted by Gasteiger charge is 2.59. The van der Waals surface area contributed by atoms with E-state index in [-0.39, 0.29) is 6.61 Å². The first-order chi connectivity index (χ1) is 25.8. The molecule has 0 aliphatic carbocycles. The van der Waals surface area contributed by atoms with Gasteiger partial charge in [0, 0.05) is 40.1 Å². The normalized spacial score (nSPS) is 26.9. The zero-order valence-electron chi connectivity index (χ0n) is 30.9. The molecule has 1 aromatic carbocycles. The van der Waals surface area contributed by atoms with E-state index in [1.165, 1.54) is 20.8 Å². The number of nitrogens with zero attached hydrogens (tertiary/aromatic N) is 1. The number of aromatic nitrogens is 2. The first kappa shape index (κ1) is 42.3. The van der Waals surface area contributed by atoms with Gasteiger partial charge in [0.1, 0.15) is 18.8 Å². The smallest absolute Gasteiger partial charge is 0.339 e. The van der Waals surface area contributed by atoms with Crippen LogP contribution in [0.2, 0.25) is 0 Å². The van der Waals surface area contributed by atoms with Gasteiger partial charge in [-0.3, -0.25) is 33.5 Å². The number of carboxylic acid groups (broad SMARTS) is 1. The second-order valence-electron chi connectivity index (χ2n) is 13.5. The van der Waals surface area contributed by atoms with Crippen LogP contribution in [0.15, 0.2) is 52.2 Å². The Kier molecular flexibility index (Phi) is 13.7. The Hall–Kier alpha value is -5.44. The van der Waals surface area contributed by atoms with Crippen LogP contribution in [0.4, 0.5) is 0 Å². The number of carbonyl (C=O) groups excluding carboxylic acids is 5. The van der Waals surface area contributed by atoms with Crippen LogP contribution < -0.4 is 11.2 Å². The van der Waals surface area contributed by atoms with Gasteiger partial charge >= 0.3 is 41.5 Å². The summed E-state index contributed by atoms with van der Waals surface area (Å²) < 4.78 is 51.5. The van der Waals surface area contributed by atoms with Crippen LogP contribution in [0.5, 0.6) is 0 Å². The maximum Gasteiger partial charge on any atom is 0.339 e. The van der Waals surface area contributed by atoms with Crippen molar-refractivity contribution < 1.29 is 76.5 Å². The van der Waals surface area contributed by atoms with E-state index in [1.807, 2.05) is 4.98 Å². The third-order valence-electron chi connectivity index (χ3n) is 8.16. The fourth-order valence-electron chi connectivity index (χ4n) is 5.76. The monoisotopic (exact) mass is 778 g/mol. The summed E-state index contributed by atoms with van der Waals surface area (Å²) in [7, 11) is 1.13. The standard InChI is InChI=1S/C35H42N2O18/c1-16(38)49-23-24(50-17(2)39)28(51-18(3)40)32(54-27(23)31(44)48-15-19-11-9-8-10-12-19)53-26(30(42)43)22-21(47-7)25(55-33(45)35(4,5)6)29(52-22)37-14-13-20(41)36-34(37)46/h8-14,21-29,32H,15H2,1-7H3,(H,42,43)(H,36,41,46)/t21-,22+,23+,24+,25-,26-,27+,28+,29-,32+/m1/s1. The molecule has 10 atom stereocenters. The Labute approximate surface area is 312 Å². The average molecular weight is 779 g/mol. The zero-order valence-corrected chi connectivity index (χ0v) is 30.9. The van der Waals surface area contributed by atoms with E-state index in [9.17, 15) is 43.5 Å². The SMILES string of the molecule is CO[C@H]1[C@@H](OC(=O)C(C)(C)C)[C@H](n2ccc(=O)[nH]c2=O)O[C@@H]1[C@@H](O[C@H]1O[C@H](C(=O)OCc2ccccc2)[C@@H](OC(C)=O)[C@H](OC(C)=O)[C@@H]1OC(C)=O)C(=O)O. The highest BCUT2D eigenvalue weighted by atomic mass is 16.8. The van der Waals surface area contributed by atoms with Crippen LogP contribution >= 0.6 is 0 Å². The summed E-state index contributed by atoms with van der Waals surface area (Å²) >= 11 is 0. The number of aromatic amines is 1. The lowest BCUT2D eigenvalue weighted by atomic mass is 9.96. The number of hydrogen-bond donors (Lipinski definition) is 2. The van der Waals surface area contributed by atoms with Crippen LogP contribution in [-0.2, 0) is 78.0 Å². The minimum absolute atomic E-state index is 0.299. The maximum absolute atomic E-state index is 13.6. The molecular formula is C35H42N2O18. The number of aliphatic carboxylic acids is 1. The zero-order chi connectivity index (χ0) is 40.8. The summed E-state index contributed by atoms with van der Waals surface area (Å²) in [6, 6.07) is 9.36. The Morgan fingerprint density at radius 2 is 1.42 bits per heavy atom. The van der Waals surface area contributed by atoms with Gasteiger partial charge in [0.25, 0.3) is 5.56 Å². The molecule has 3 heterocycles. The molecule has 2 aliphatic heterocycles. The minimum Gasteiger partial charge on any atom is -0.479 e. The molecule has 2 fully saturated rings. The van der Waals surface area contributed by atoms with Crippen LogP contribution in [0.3, 0.4) is 0 Å². The van der Waals surface area contributed by atoms with Gasteiger partial charge in [-0.2, -0.15) is 0 Å². The maximum atomic E-state index is 13.6. The fourth-order valence-corrected chi connectivity index (χ4v) is 5.76. The van der Waals surface area contributed by atoms with Crippen LogP contribution in [0.25, 0.3) is 0 Å². The third kappa shape index (κ3) is 10.4. The first-order valence-electron chi connectivity index (χ1n) is 16.8. The van der Waals surface area contributed by atoms with Crippen LogP contribution in [-0.4, -0.2) is 113 Å². The molecule has 20 heteroatoms. The first-order valence-corrected chi connectivity index (χ1v) is 16.8. The van der Waals surface area contributed by atoms with Crippen molar-refractivity contribution >= 4 is 35.8 Å². The Morgan fingerprint density at radius 1 is 0.818 bits per heavy atom. The number of carboxylic acids is 1. The number of ether oxygens (including phenoxy) is 9. The summed E-state index contributed by atoms with van der Waals surface area (Å²) in [6.07, 6.45) is -17.3. The van der Waals surface area contributed by atoms with Crippen molar-refractivity contribution in [3.8, 4) is 0 Å². The van der Waals surface area contributed by atoms with Gasteiger partial charge in [-0.25, -0.2) is 14.4 Å². The molecule has 0 spiro atoms. The lowest BCUT2D eigenvalue weighted by Gasteiger charge is -2.44. The summed E-state index contributed by atoms with van der Waals surface area (Å²) in [5.74, 6) is -6.73. The van der Waals surface area contributed by atoms with Gasteiger partial charge < -0.3 is 47.7 Å². The molecule has 2 aromatic rings. The topological polar surface area (TPSA) is 261 Å². The Morgan fingerprint density at radius 3 is 1.96 bits per heavy atom. The van der Waals surface area contributed by atoms with E-state index in [0.717, 1.165) is 44.7 Å². The molecule has 20 nitrogen and oxygen atoms in total. The summed E-state index contributed by atoms with van der Waals surface area (Å²) in [4.78, 5) is 104. The predicted molar refractivity (Wildman–Crippen MR) is 179 cm³/mol. The third-order valence-corrected chi connectivity index (χ3v) is 8.16. The second kappa shape index (κ2) is 17.8. The van der Waals surface area contributed by atoms with Crippen molar-refractivity contribution in [2.75, 3.05) is 7.11 Å². The molecular weight excluding hydrogens is 736 g/mol. The van der Waals surface area contributed by atoms with Gasteiger partial charge in [0.15, 0.2) is 42.9 Å². The highest BCUT2D eigenvalue weighted by molar-refractivity contribution is 5.78. The molecule has 0 bridgehead atoms. The molecule has 4 rings (SSSR count). The quantitative estimate of drug-likeness (QED) is 0.202. The number of carbonyl (C=O) groups is 6. The summed E-state index contributed by atoms with van der Waals surface area (Å²) in [5, 5.41) is 10.6. The largest absolute Gasteiger partial charge is 0.479 e. The van der Waals surface area contributed by atoms with Crippen molar-refractivity contribution in [1.82, 2.24) is 9.55 Å². The molecule has 2 aliphatic rings. The number of rotatable bonds is 13. The van der Waals surface area contributed by atoms with Gasteiger partial charge in [-0.05, 0) is 26.3 Å². The van der Waals surface area contributed by atoms with Crippen molar-refractivity contribution in [2.24, 2.45) is 5.41 Å².